The van der Waals surface area contributed by atoms with E-state index in [-0.39, 0.29) is 67.8 Å². The number of halogens is 6. The smallest absolute Gasteiger partial charge is 0.870 e. The average Bonchev–Trinajstić information content (AvgIpc) is 0.776. The predicted octanol–water partition coefficient (Wildman–Crippen LogP) is 20.5. The number of aromatic amines is 4. The summed E-state index contributed by atoms with van der Waals surface area (Å²) in [5, 5.41) is 28.9. The van der Waals surface area contributed by atoms with Gasteiger partial charge in [0.25, 0.3) is 16.7 Å². The molecular weight excluding hydrogens is 1860 g/mol. The first-order chi connectivity index (χ1) is 63.6. The van der Waals surface area contributed by atoms with Crippen LogP contribution in [-0.2, 0) is 4.57 Å². The molecule has 0 amide bonds. The summed E-state index contributed by atoms with van der Waals surface area (Å²) in [5.74, 6) is 1.97. The number of carboxylic acids is 1. The summed E-state index contributed by atoms with van der Waals surface area (Å²) >= 11 is 31.1. The molecule has 0 saturated carbocycles. The van der Waals surface area contributed by atoms with E-state index in [0.717, 1.165) is 140 Å². The van der Waals surface area contributed by atoms with Gasteiger partial charge in [-0.1, -0.05) is 215 Å². The van der Waals surface area contributed by atoms with Crippen LogP contribution in [0.1, 0.15) is 111 Å². The van der Waals surface area contributed by atoms with E-state index in [1.165, 1.54) is 47.2 Å². The second-order valence-electron chi connectivity index (χ2n) is 31.2. The maximum atomic E-state index is 12.3. The standard InChI is InChI=1S/C28H34N4.C19H14N2O.C10H8BO2.C9H6Cl2N2.C9H7ClN2O.C9H8N2O2.C9H22N2.C8H9NO2.Cl3OP.Na.H2O/c1-5-32(6-2)18-10-12-21(4)29-28-25-15-9-11-20(3)26(25)30-27(31-28)24-17-16-22-13-7-8-14-23(22)19-24;1-12-5-4-8-16-17(12)20-18(21-19(16)22)15-10-9-13-6-2-3-7-14(13)11-15;12-11-13-10-6-5-8-3-1-2-4-9(8)7-10;1-5-3-2-4-6-7(5)12-9(11)13-8(6)10;1-5-3-2-4-6-7(5)11-9(10)12-8(6)13;1-5-3-2-4-6-7(5)10-9(13)11-8(6)12;1-4-11(5-2)8-6-7-9(3)10;1-5-3-2-4-6(7(5)9)8(10)11;1-5(2,3)4;;/h7-9,11,13-17,19,21H,5-6,10,12,18H2,1-4H3,(H,29,30,31);2-11H,1H3,(H,20,21,22);1-7,12H;2-4H,1H3;2-4H,1H3,(H,11,12,13);2-4H,1H3,(H2,10,11,12,13);9H,4-8,10H2,1-3H3;2-4H,9H2,1H3,(H,10,11);;;1H2/q;;;;;;;;;+1;/p-1. The van der Waals surface area contributed by atoms with Crippen molar-refractivity contribution in [1.82, 2.24) is 59.6 Å². The molecule has 0 aliphatic carbocycles. The molecule has 699 valence electrons. The van der Waals surface area contributed by atoms with Gasteiger partial charge in [-0.3, -0.25) is 28.9 Å². The fraction of sp³-hybridized carbons (Fsp3) is 0.238. The second-order valence-corrected chi connectivity index (χ2v) is 38.9. The number of nitrogen functional groups attached to an aromatic ring is 1. The van der Waals surface area contributed by atoms with Crippen molar-refractivity contribution >= 4 is 186 Å². The second kappa shape index (κ2) is 54.7. The van der Waals surface area contributed by atoms with Gasteiger partial charge < -0.3 is 56.8 Å². The van der Waals surface area contributed by atoms with Crippen LogP contribution in [0, 0.1) is 41.5 Å². The van der Waals surface area contributed by atoms with Crippen LogP contribution in [-0.4, -0.2) is 140 Å². The molecule has 17 rings (SSSR count). The van der Waals surface area contributed by atoms with Crippen LogP contribution in [0.25, 0.3) is 110 Å². The number of nitrogens with one attached hydrogen (secondary N) is 5. The third-order valence-corrected chi connectivity index (χ3v) is 22.2. The van der Waals surface area contributed by atoms with Crippen molar-refractivity contribution in [2.24, 2.45) is 5.73 Å². The number of anilines is 2. The van der Waals surface area contributed by atoms with Gasteiger partial charge in [0, 0.05) is 39.7 Å². The minimum absolute atomic E-state index is 0. The van der Waals surface area contributed by atoms with Gasteiger partial charge in [0.05, 0.1) is 49.3 Å². The van der Waals surface area contributed by atoms with Crippen LogP contribution in [0.15, 0.2) is 256 Å². The fourth-order valence-corrected chi connectivity index (χ4v) is 14.9. The summed E-state index contributed by atoms with van der Waals surface area (Å²) in [6.45, 7) is 31.7. The molecule has 2 unspecified atom stereocenters. The van der Waals surface area contributed by atoms with Gasteiger partial charge in [-0.15, -0.1) is 0 Å². The van der Waals surface area contributed by atoms with Gasteiger partial charge in [-0.05, 0) is 304 Å². The average molecular weight is 1970 g/mol. The van der Waals surface area contributed by atoms with E-state index in [9.17, 15) is 28.5 Å². The number of hydrogen-bond acceptors (Lipinski definition) is 20. The van der Waals surface area contributed by atoms with Crippen LogP contribution in [0.2, 0.25) is 15.7 Å². The number of para-hydroxylation sites is 6. The first-order valence-electron chi connectivity index (χ1n) is 43.2. The van der Waals surface area contributed by atoms with Gasteiger partial charge in [0.1, 0.15) is 22.5 Å². The Kier molecular flexibility index (Phi) is 45.0. The number of carbonyl (C=O) groups is 1. The van der Waals surface area contributed by atoms with Crippen molar-refractivity contribution in [3.05, 3.63) is 333 Å². The molecule has 12 aromatic carbocycles. The summed E-state index contributed by atoms with van der Waals surface area (Å²) in [4.78, 5) is 98.0. The number of rotatable bonds is 19. The number of nitrogens with zero attached hydrogens (tertiary/aromatic N) is 8. The van der Waals surface area contributed by atoms with E-state index in [1.807, 2.05) is 143 Å². The van der Waals surface area contributed by atoms with Crippen LogP contribution < -0.4 is 73.4 Å². The molecule has 1 radical (unpaired) electrons. The van der Waals surface area contributed by atoms with Crippen molar-refractivity contribution in [1.29, 1.82) is 0 Å². The van der Waals surface area contributed by atoms with Gasteiger partial charge in [0.2, 0.25) is 10.6 Å². The molecule has 0 saturated heterocycles. The molecule has 34 heteroatoms. The number of aryl methyl sites for hydroxylation is 6. The Morgan fingerprint density at radius 3 is 1.41 bits per heavy atom. The van der Waals surface area contributed by atoms with Crippen molar-refractivity contribution in [2.75, 3.05) is 50.3 Å². The van der Waals surface area contributed by atoms with Crippen LogP contribution >= 0.6 is 73.7 Å². The maximum Gasteiger partial charge on any atom is 1.00 e. The van der Waals surface area contributed by atoms with E-state index < -0.39 is 16.9 Å². The molecule has 0 aliphatic heterocycles. The summed E-state index contributed by atoms with van der Waals surface area (Å²) in [5.41, 5.74) is 22.2. The van der Waals surface area contributed by atoms with E-state index >= 15 is 0 Å². The zero-order chi connectivity index (χ0) is 96.6. The topological polar surface area (TPSA) is 393 Å². The van der Waals surface area contributed by atoms with Crippen molar-refractivity contribution in [2.45, 2.75) is 121 Å². The van der Waals surface area contributed by atoms with Gasteiger partial charge in [-0.25, -0.2) is 39.5 Å². The Morgan fingerprint density at radius 2 is 0.904 bits per heavy atom. The van der Waals surface area contributed by atoms with E-state index in [2.05, 4.69) is 216 Å². The van der Waals surface area contributed by atoms with Crippen molar-refractivity contribution < 1.29 is 59.2 Å². The number of H-pyrrole nitrogens is 4. The van der Waals surface area contributed by atoms with E-state index in [4.69, 9.17) is 71.0 Å². The first-order valence-corrected chi connectivity index (χ1v) is 48.7. The number of carboxylic acid groups (broad SMARTS) is 1. The number of hydrogen-bond donors (Lipinski definition) is 9. The summed E-state index contributed by atoms with van der Waals surface area (Å²) < 4.78 is 14.4. The molecule has 0 bridgehead atoms. The van der Waals surface area contributed by atoms with E-state index in [0.29, 0.717) is 69.4 Å². The minimum Gasteiger partial charge on any atom is -0.870 e. The summed E-state index contributed by atoms with van der Waals surface area (Å²) in [7, 11) is 0.685. The molecule has 135 heavy (non-hydrogen) atoms. The van der Waals surface area contributed by atoms with Gasteiger partial charge >= 0.3 is 54.1 Å². The van der Waals surface area contributed by atoms with Crippen LogP contribution in [0.4, 0.5) is 11.5 Å². The quantitative estimate of drug-likeness (QED) is 0.0119. The molecule has 12 N–H and O–H groups in total. The zero-order valence-corrected chi connectivity index (χ0v) is 84.9. The number of nitrogens with two attached hydrogens (primary N) is 2. The Morgan fingerprint density at radius 1 is 0.481 bits per heavy atom. The largest absolute Gasteiger partial charge is 1.00 e. The van der Waals surface area contributed by atoms with Gasteiger partial charge in [-0.2, -0.15) is 0 Å². The first kappa shape index (κ1) is 111. The Hall–Kier alpha value is -11.0. The van der Waals surface area contributed by atoms with Crippen molar-refractivity contribution in [3.8, 4) is 28.5 Å². The van der Waals surface area contributed by atoms with Gasteiger partial charge in [0.15, 0.2) is 5.82 Å². The Bertz CT molecular complexity index is 7150. The molecular formula is C101H109BCl6N15NaO10P. The molecule has 2 atom stereocenters. The Labute approximate surface area is 835 Å². The molecule has 5 heterocycles. The molecule has 17 aromatic rings. The summed E-state index contributed by atoms with van der Waals surface area (Å²) in [6, 6.07) is 76.9. The molecule has 0 fully saturated rings. The summed E-state index contributed by atoms with van der Waals surface area (Å²) in [6.07, 6.45) is 4.67. The van der Waals surface area contributed by atoms with Crippen LogP contribution in [0.5, 0.6) is 5.75 Å². The van der Waals surface area contributed by atoms with E-state index in [1.54, 1.807) is 43.3 Å². The molecule has 0 aliphatic rings. The normalized spacial score (nSPS) is 11.2. The van der Waals surface area contributed by atoms with Crippen LogP contribution in [0.3, 0.4) is 0 Å². The zero-order valence-electron chi connectivity index (χ0n) is 77.5. The number of aromatic carboxylic acids is 1. The van der Waals surface area contributed by atoms with Crippen molar-refractivity contribution in [3.63, 3.8) is 0 Å². The number of aromatic nitrogens is 10. The SMILES string of the molecule is CCN(CC)CCCC(C)N.CCN(CC)CCCC(C)Nc1nc(-c2ccc3ccccc3c2)nc2c(C)cccc12.Cc1cccc(C(=O)O)c1N.Cc1cccc2c(=O)[nH]c(-c3ccc4ccccc4c3)nc12.Cc1cccc2c(=O)[nH]c(=O)[nH]c12.Cc1cccc2c(=O)[nH]c(Cl)nc12.Cc1cccc2c(Cl)nc(Cl)nc12.O=P(Cl)(Cl)Cl.O[B]Oc1ccc2ccccc2c1.[Na+].[OH-]. The Balaban J connectivity index is 0.000000215. The maximum absolute atomic E-state index is 12.3. The molecule has 0 spiro atoms. The number of benzene rings is 12. The third-order valence-electron chi connectivity index (χ3n) is 21.5. The fourth-order valence-electron chi connectivity index (χ4n) is 14.3. The predicted molar refractivity (Wildman–Crippen MR) is 557 cm³/mol. The molecule has 5 aromatic heterocycles. The minimum atomic E-state index is -3.22. The third kappa shape index (κ3) is 33.5. The number of fused-ring (bicyclic) bond motifs is 8. The monoisotopic (exact) mass is 1970 g/mol. The molecule has 25 nitrogen and oxygen atoms in total.